The quantitative estimate of drug-likeness (QED) is 0.601. The first-order valence-electron chi connectivity index (χ1n) is 8.05. The number of methoxy groups -OCH3 is 2. The van der Waals surface area contributed by atoms with Gasteiger partial charge in [0.25, 0.3) is 0 Å². The zero-order chi connectivity index (χ0) is 18.6. The first-order valence-corrected chi connectivity index (χ1v) is 9.54. The van der Waals surface area contributed by atoms with E-state index in [9.17, 15) is 8.42 Å². The fourth-order valence-corrected chi connectivity index (χ4v) is 3.84. The minimum atomic E-state index is -3.72. The zero-order valence-corrected chi connectivity index (χ0v) is 15.4. The van der Waals surface area contributed by atoms with Crippen LogP contribution in [-0.4, -0.2) is 43.8 Å². The third kappa shape index (κ3) is 3.78. The van der Waals surface area contributed by atoms with Crippen LogP contribution in [0.4, 0.5) is 0 Å². The highest BCUT2D eigenvalue weighted by Gasteiger charge is 2.20. The van der Waals surface area contributed by atoms with E-state index in [0.29, 0.717) is 18.6 Å². The SMILES string of the molecule is COc1ccc(OC)c(S(=O)(=O)NCCCc2nnc3ccccn23)c1. The summed E-state index contributed by atoms with van der Waals surface area (Å²) in [6.07, 6.45) is 3.07. The molecule has 0 saturated heterocycles. The minimum Gasteiger partial charge on any atom is -0.497 e. The van der Waals surface area contributed by atoms with Gasteiger partial charge >= 0.3 is 0 Å². The molecule has 0 unspecified atom stereocenters. The van der Waals surface area contributed by atoms with Crippen molar-refractivity contribution < 1.29 is 17.9 Å². The lowest BCUT2D eigenvalue weighted by Crippen LogP contribution is -2.25. The van der Waals surface area contributed by atoms with E-state index in [0.717, 1.165) is 11.5 Å². The molecule has 1 N–H and O–H groups in total. The molecule has 0 amide bonds. The zero-order valence-electron chi connectivity index (χ0n) is 14.5. The van der Waals surface area contributed by atoms with Gasteiger partial charge in [0.1, 0.15) is 22.2 Å². The highest BCUT2D eigenvalue weighted by molar-refractivity contribution is 7.89. The summed E-state index contributed by atoms with van der Waals surface area (Å²) in [5, 5.41) is 8.22. The summed E-state index contributed by atoms with van der Waals surface area (Å²) in [5.74, 6) is 1.50. The smallest absolute Gasteiger partial charge is 0.244 e. The number of aromatic nitrogens is 3. The van der Waals surface area contributed by atoms with Crippen molar-refractivity contribution in [3.8, 4) is 11.5 Å². The molecule has 9 heteroatoms. The number of ether oxygens (including phenoxy) is 2. The van der Waals surface area contributed by atoms with Crippen LogP contribution in [0.5, 0.6) is 11.5 Å². The monoisotopic (exact) mass is 376 g/mol. The Balaban J connectivity index is 1.65. The number of hydrogen-bond donors (Lipinski definition) is 1. The van der Waals surface area contributed by atoms with Gasteiger partial charge in [0, 0.05) is 25.2 Å². The highest BCUT2D eigenvalue weighted by Crippen LogP contribution is 2.27. The summed E-state index contributed by atoms with van der Waals surface area (Å²) in [5.41, 5.74) is 0.768. The second-order valence-corrected chi connectivity index (χ2v) is 7.30. The van der Waals surface area contributed by atoms with Crippen molar-refractivity contribution >= 4 is 15.7 Å². The average molecular weight is 376 g/mol. The molecule has 0 fully saturated rings. The van der Waals surface area contributed by atoms with Gasteiger partial charge < -0.3 is 9.47 Å². The molecule has 0 radical (unpaired) electrons. The molecular formula is C17H20N4O4S. The molecule has 0 aliphatic heterocycles. The number of sulfonamides is 1. The fourth-order valence-electron chi connectivity index (χ4n) is 2.59. The van der Waals surface area contributed by atoms with Crippen molar-refractivity contribution in [2.75, 3.05) is 20.8 Å². The van der Waals surface area contributed by atoms with E-state index in [4.69, 9.17) is 9.47 Å². The Morgan fingerprint density at radius 1 is 1.12 bits per heavy atom. The van der Waals surface area contributed by atoms with Crippen molar-refractivity contribution in [1.82, 2.24) is 19.3 Å². The number of aryl methyl sites for hydroxylation is 1. The summed E-state index contributed by atoms with van der Waals surface area (Å²) >= 11 is 0. The van der Waals surface area contributed by atoms with Crippen LogP contribution in [0.3, 0.4) is 0 Å². The van der Waals surface area contributed by atoms with Crippen LogP contribution in [0, 0.1) is 0 Å². The molecule has 26 heavy (non-hydrogen) atoms. The van der Waals surface area contributed by atoms with E-state index >= 15 is 0 Å². The normalized spacial score (nSPS) is 11.6. The lowest BCUT2D eigenvalue weighted by atomic mass is 10.3. The third-order valence-electron chi connectivity index (χ3n) is 3.91. The van der Waals surface area contributed by atoms with E-state index < -0.39 is 10.0 Å². The molecule has 2 aromatic heterocycles. The molecule has 2 heterocycles. The standard InChI is InChI=1S/C17H20N4O4S/c1-24-13-8-9-14(25-2)15(12-13)26(22,23)18-10-5-7-17-20-19-16-6-3-4-11-21(16)17/h3-4,6,8-9,11-12,18H,5,7,10H2,1-2H3. The van der Waals surface area contributed by atoms with Gasteiger partial charge in [-0.05, 0) is 30.7 Å². The van der Waals surface area contributed by atoms with Gasteiger partial charge in [-0.2, -0.15) is 0 Å². The topological polar surface area (TPSA) is 94.8 Å². The molecule has 138 valence electrons. The van der Waals surface area contributed by atoms with Gasteiger partial charge in [-0.25, -0.2) is 13.1 Å². The molecule has 0 atom stereocenters. The lowest BCUT2D eigenvalue weighted by Gasteiger charge is -2.12. The average Bonchev–Trinajstić information content (AvgIpc) is 3.08. The Bertz CT molecular complexity index is 1000. The molecular weight excluding hydrogens is 356 g/mol. The van der Waals surface area contributed by atoms with Crippen LogP contribution < -0.4 is 14.2 Å². The number of benzene rings is 1. The third-order valence-corrected chi connectivity index (χ3v) is 5.40. The Morgan fingerprint density at radius 3 is 2.73 bits per heavy atom. The van der Waals surface area contributed by atoms with E-state index in [1.54, 1.807) is 12.1 Å². The van der Waals surface area contributed by atoms with Crippen LogP contribution >= 0.6 is 0 Å². The van der Waals surface area contributed by atoms with Gasteiger partial charge in [0.15, 0.2) is 5.65 Å². The number of nitrogens with zero attached hydrogens (tertiary/aromatic N) is 3. The van der Waals surface area contributed by atoms with Gasteiger partial charge in [-0.15, -0.1) is 10.2 Å². The number of pyridine rings is 1. The second-order valence-electron chi connectivity index (χ2n) is 5.56. The number of hydrogen-bond acceptors (Lipinski definition) is 6. The lowest BCUT2D eigenvalue weighted by molar-refractivity contribution is 0.392. The number of fused-ring (bicyclic) bond motifs is 1. The van der Waals surface area contributed by atoms with Gasteiger partial charge in [-0.3, -0.25) is 4.40 Å². The van der Waals surface area contributed by atoms with Crippen LogP contribution in [-0.2, 0) is 16.4 Å². The molecule has 0 aliphatic carbocycles. The number of nitrogens with one attached hydrogen (secondary N) is 1. The van der Waals surface area contributed by atoms with E-state index in [-0.39, 0.29) is 17.2 Å². The summed E-state index contributed by atoms with van der Waals surface area (Å²) in [6.45, 7) is 0.268. The first-order chi connectivity index (χ1) is 12.5. The predicted molar refractivity (Wildman–Crippen MR) is 96.0 cm³/mol. The maximum Gasteiger partial charge on any atom is 0.244 e. The van der Waals surface area contributed by atoms with Crippen molar-refractivity contribution in [3.05, 3.63) is 48.4 Å². The molecule has 1 aromatic carbocycles. The van der Waals surface area contributed by atoms with Crippen molar-refractivity contribution in [3.63, 3.8) is 0 Å². The summed E-state index contributed by atoms with van der Waals surface area (Å²) in [4.78, 5) is 0.0484. The van der Waals surface area contributed by atoms with Crippen LogP contribution in [0.25, 0.3) is 5.65 Å². The molecule has 0 saturated carbocycles. The molecule has 0 spiro atoms. The Morgan fingerprint density at radius 2 is 1.96 bits per heavy atom. The van der Waals surface area contributed by atoms with E-state index in [2.05, 4.69) is 14.9 Å². The summed E-state index contributed by atoms with van der Waals surface area (Å²) in [6, 6.07) is 10.3. The van der Waals surface area contributed by atoms with Crippen molar-refractivity contribution in [2.24, 2.45) is 0 Å². The summed E-state index contributed by atoms with van der Waals surface area (Å²) in [7, 11) is -0.809. The second kappa shape index (κ2) is 7.71. The van der Waals surface area contributed by atoms with E-state index in [1.807, 2.05) is 28.8 Å². The molecule has 0 aliphatic rings. The molecule has 0 bridgehead atoms. The molecule has 8 nitrogen and oxygen atoms in total. The summed E-state index contributed by atoms with van der Waals surface area (Å²) < 4.78 is 39.9. The number of rotatable bonds is 8. The first kappa shape index (κ1) is 18.2. The Kier molecular flexibility index (Phi) is 5.38. The van der Waals surface area contributed by atoms with Gasteiger partial charge in [-0.1, -0.05) is 6.07 Å². The minimum absolute atomic E-state index is 0.0484. The van der Waals surface area contributed by atoms with Gasteiger partial charge in [0.2, 0.25) is 10.0 Å². The van der Waals surface area contributed by atoms with E-state index in [1.165, 1.54) is 20.3 Å². The largest absolute Gasteiger partial charge is 0.497 e. The Hall–Kier alpha value is -2.65. The fraction of sp³-hybridized carbons (Fsp3) is 0.294. The molecule has 3 aromatic rings. The molecule has 3 rings (SSSR count). The van der Waals surface area contributed by atoms with Crippen LogP contribution in [0.2, 0.25) is 0 Å². The maximum absolute atomic E-state index is 12.6. The highest BCUT2D eigenvalue weighted by atomic mass is 32.2. The van der Waals surface area contributed by atoms with Crippen LogP contribution in [0.15, 0.2) is 47.5 Å². The Labute approximate surface area is 151 Å². The predicted octanol–water partition coefficient (Wildman–Crippen LogP) is 1.66. The van der Waals surface area contributed by atoms with Crippen molar-refractivity contribution in [1.29, 1.82) is 0 Å². The van der Waals surface area contributed by atoms with Gasteiger partial charge in [0.05, 0.1) is 14.2 Å². The van der Waals surface area contributed by atoms with Crippen molar-refractivity contribution in [2.45, 2.75) is 17.7 Å². The maximum atomic E-state index is 12.6. The van der Waals surface area contributed by atoms with Crippen LogP contribution in [0.1, 0.15) is 12.2 Å².